The van der Waals surface area contributed by atoms with Gasteiger partial charge < -0.3 is 10.2 Å². The topological polar surface area (TPSA) is 78.5 Å². The van der Waals surface area contributed by atoms with Crippen molar-refractivity contribution in [1.29, 1.82) is 0 Å². The van der Waals surface area contributed by atoms with Crippen molar-refractivity contribution in [2.45, 2.75) is 24.8 Å². The van der Waals surface area contributed by atoms with E-state index in [-0.39, 0.29) is 34.9 Å². The Morgan fingerprint density at radius 2 is 1.89 bits per heavy atom. The van der Waals surface area contributed by atoms with Crippen LogP contribution in [0.5, 0.6) is 0 Å². The van der Waals surface area contributed by atoms with Crippen LogP contribution >= 0.6 is 12.4 Å². The Morgan fingerprint density at radius 1 is 1.21 bits per heavy atom. The highest BCUT2D eigenvalue weighted by atomic mass is 35.5. The standard InChI is InChI=1S/C19H22FN3O3S.ClH/c1-13-3-8-17(27(25,26)22-16-6-4-15(20)5-7-16)11-18(13)19(24)23-10-9-21-12-14(23)2;/h3-8,11,14,21-22H,9-10,12H2,1-2H3;1H/t14-;/m0./s1. The number of anilines is 1. The van der Waals surface area contributed by atoms with E-state index in [1.165, 1.54) is 36.4 Å². The van der Waals surface area contributed by atoms with Crippen molar-refractivity contribution >= 4 is 34.0 Å². The van der Waals surface area contributed by atoms with E-state index in [2.05, 4.69) is 10.0 Å². The normalized spacial score (nSPS) is 17.0. The third kappa shape index (κ3) is 4.81. The number of halogens is 2. The quantitative estimate of drug-likeness (QED) is 0.786. The molecule has 2 aromatic rings. The number of piperazine rings is 1. The molecule has 1 amide bonds. The van der Waals surface area contributed by atoms with E-state index in [1.54, 1.807) is 17.9 Å². The number of sulfonamides is 1. The first-order valence-electron chi connectivity index (χ1n) is 8.68. The molecule has 1 atom stereocenters. The van der Waals surface area contributed by atoms with E-state index in [0.29, 0.717) is 30.8 Å². The van der Waals surface area contributed by atoms with Crippen molar-refractivity contribution in [2.75, 3.05) is 24.4 Å². The highest BCUT2D eigenvalue weighted by Crippen LogP contribution is 2.21. The molecular formula is C19H23ClFN3O3S. The first-order valence-corrected chi connectivity index (χ1v) is 10.2. The fourth-order valence-corrected chi connectivity index (χ4v) is 4.11. The Balaban J connectivity index is 0.00000280. The van der Waals surface area contributed by atoms with Crippen LogP contribution in [0.25, 0.3) is 0 Å². The summed E-state index contributed by atoms with van der Waals surface area (Å²) in [6.45, 7) is 5.72. The maximum Gasteiger partial charge on any atom is 0.261 e. The van der Waals surface area contributed by atoms with E-state index < -0.39 is 15.8 Å². The molecule has 1 heterocycles. The number of carbonyl (C=O) groups is 1. The fraction of sp³-hybridized carbons (Fsp3) is 0.316. The first-order chi connectivity index (χ1) is 12.8. The lowest BCUT2D eigenvalue weighted by Crippen LogP contribution is -2.52. The molecule has 0 bridgehead atoms. The van der Waals surface area contributed by atoms with Crippen LogP contribution < -0.4 is 10.0 Å². The van der Waals surface area contributed by atoms with Gasteiger partial charge in [-0.2, -0.15) is 0 Å². The molecule has 2 aromatic carbocycles. The lowest BCUT2D eigenvalue weighted by molar-refractivity contribution is 0.0654. The molecule has 0 aromatic heterocycles. The molecule has 0 radical (unpaired) electrons. The van der Waals surface area contributed by atoms with Crippen LogP contribution in [0.3, 0.4) is 0 Å². The number of hydrogen-bond donors (Lipinski definition) is 2. The molecule has 0 spiro atoms. The van der Waals surface area contributed by atoms with Crippen LogP contribution in [0, 0.1) is 12.7 Å². The number of benzene rings is 2. The van der Waals surface area contributed by atoms with Gasteiger partial charge in [-0.25, -0.2) is 12.8 Å². The minimum Gasteiger partial charge on any atom is -0.333 e. The second-order valence-corrected chi connectivity index (χ2v) is 8.32. The molecule has 1 fully saturated rings. The summed E-state index contributed by atoms with van der Waals surface area (Å²) in [6.07, 6.45) is 0. The summed E-state index contributed by atoms with van der Waals surface area (Å²) in [6, 6.07) is 9.55. The minimum absolute atomic E-state index is 0. The van der Waals surface area contributed by atoms with Gasteiger partial charge in [0.2, 0.25) is 0 Å². The van der Waals surface area contributed by atoms with Crippen molar-refractivity contribution in [2.24, 2.45) is 0 Å². The summed E-state index contributed by atoms with van der Waals surface area (Å²) in [5.74, 6) is -0.633. The lowest BCUT2D eigenvalue weighted by atomic mass is 10.1. The largest absolute Gasteiger partial charge is 0.333 e. The molecule has 0 unspecified atom stereocenters. The van der Waals surface area contributed by atoms with Crippen molar-refractivity contribution in [3.63, 3.8) is 0 Å². The number of aryl methyl sites for hydroxylation is 1. The summed E-state index contributed by atoms with van der Waals surface area (Å²) in [5, 5.41) is 3.23. The number of hydrogen-bond acceptors (Lipinski definition) is 4. The van der Waals surface area contributed by atoms with Crippen LogP contribution in [-0.4, -0.2) is 44.9 Å². The van der Waals surface area contributed by atoms with Crippen molar-refractivity contribution in [1.82, 2.24) is 10.2 Å². The zero-order valence-electron chi connectivity index (χ0n) is 15.6. The van der Waals surface area contributed by atoms with Crippen LogP contribution in [0.4, 0.5) is 10.1 Å². The number of rotatable bonds is 4. The highest BCUT2D eigenvalue weighted by molar-refractivity contribution is 7.92. The SMILES string of the molecule is Cc1ccc(S(=O)(=O)Nc2ccc(F)cc2)cc1C(=O)N1CCNC[C@@H]1C.Cl. The number of nitrogens with one attached hydrogen (secondary N) is 2. The van der Waals surface area contributed by atoms with Crippen molar-refractivity contribution in [3.05, 3.63) is 59.4 Å². The molecule has 28 heavy (non-hydrogen) atoms. The molecule has 1 aliphatic heterocycles. The maximum atomic E-state index is 13.0. The zero-order valence-corrected chi connectivity index (χ0v) is 17.2. The Hall–Kier alpha value is -2.16. The molecule has 1 saturated heterocycles. The second-order valence-electron chi connectivity index (χ2n) is 6.64. The van der Waals surface area contributed by atoms with E-state index >= 15 is 0 Å². The predicted octanol–water partition coefficient (Wildman–Crippen LogP) is 2.79. The van der Waals surface area contributed by atoms with E-state index in [4.69, 9.17) is 0 Å². The van der Waals surface area contributed by atoms with Crippen LogP contribution in [0.1, 0.15) is 22.8 Å². The van der Waals surface area contributed by atoms with Gasteiger partial charge in [-0.3, -0.25) is 9.52 Å². The van der Waals surface area contributed by atoms with Crippen LogP contribution in [0.2, 0.25) is 0 Å². The Labute approximate surface area is 170 Å². The molecule has 0 saturated carbocycles. The van der Waals surface area contributed by atoms with Gasteiger partial charge in [0, 0.05) is 36.9 Å². The van der Waals surface area contributed by atoms with Gasteiger partial charge in [-0.15, -0.1) is 12.4 Å². The van der Waals surface area contributed by atoms with Crippen molar-refractivity contribution in [3.8, 4) is 0 Å². The first kappa shape index (κ1) is 22.1. The average molecular weight is 428 g/mol. The summed E-state index contributed by atoms with van der Waals surface area (Å²) in [4.78, 5) is 14.7. The molecule has 2 N–H and O–H groups in total. The predicted molar refractivity (Wildman–Crippen MR) is 109 cm³/mol. The molecule has 9 heteroatoms. The van der Waals surface area contributed by atoms with Crippen LogP contribution in [-0.2, 0) is 10.0 Å². The molecule has 0 aliphatic carbocycles. The number of carbonyl (C=O) groups excluding carboxylic acids is 1. The van der Waals surface area contributed by atoms with Gasteiger partial charge >= 0.3 is 0 Å². The summed E-state index contributed by atoms with van der Waals surface area (Å²) < 4.78 is 40.8. The zero-order chi connectivity index (χ0) is 19.6. The van der Waals surface area contributed by atoms with Gasteiger partial charge in [0.05, 0.1) is 4.90 Å². The number of amides is 1. The molecule has 6 nitrogen and oxygen atoms in total. The third-order valence-corrected chi connectivity index (χ3v) is 5.99. The molecular weight excluding hydrogens is 405 g/mol. The van der Waals surface area contributed by atoms with Gasteiger partial charge in [0.15, 0.2) is 0 Å². The van der Waals surface area contributed by atoms with Gasteiger partial charge in [0.1, 0.15) is 5.82 Å². The van der Waals surface area contributed by atoms with Gasteiger partial charge in [0.25, 0.3) is 15.9 Å². The van der Waals surface area contributed by atoms with E-state index in [0.717, 1.165) is 0 Å². The van der Waals surface area contributed by atoms with Crippen LogP contribution in [0.15, 0.2) is 47.4 Å². The minimum atomic E-state index is -3.90. The second kappa shape index (κ2) is 8.89. The highest BCUT2D eigenvalue weighted by Gasteiger charge is 2.26. The van der Waals surface area contributed by atoms with E-state index in [9.17, 15) is 17.6 Å². The third-order valence-electron chi connectivity index (χ3n) is 4.61. The van der Waals surface area contributed by atoms with E-state index in [1.807, 2.05) is 6.92 Å². The smallest absolute Gasteiger partial charge is 0.261 e. The average Bonchev–Trinajstić information content (AvgIpc) is 2.63. The molecule has 1 aliphatic rings. The summed E-state index contributed by atoms with van der Waals surface area (Å²) >= 11 is 0. The summed E-state index contributed by atoms with van der Waals surface area (Å²) in [7, 11) is -3.90. The Morgan fingerprint density at radius 3 is 2.54 bits per heavy atom. The Kier molecular flexibility index (Phi) is 7.03. The lowest BCUT2D eigenvalue weighted by Gasteiger charge is -2.34. The number of nitrogens with zero attached hydrogens (tertiary/aromatic N) is 1. The van der Waals surface area contributed by atoms with Crippen molar-refractivity contribution < 1.29 is 17.6 Å². The maximum absolute atomic E-state index is 13.0. The fourth-order valence-electron chi connectivity index (χ4n) is 3.03. The van der Waals surface area contributed by atoms with Gasteiger partial charge in [-0.1, -0.05) is 6.07 Å². The summed E-state index contributed by atoms with van der Waals surface area (Å²) in [5.41, 5.74) is 1.33. The monoisotopic (exact) mass is 427 g/mol. The Bertz CT molecular complexity index is 951. The molecule has 152 valence electrons. The van der Waals surface area contributed by atoms with Gasteiger partial charge in [-0.05, 0) is 55.8 Å². The molecule has 3 rings (SSSR count).